The highest BCUT2D eigenvalue weighted by Gasteiger charge is 2.25. The van der Waals surface area contributed by atoms with Crippen LogP contribution in [0.25, 0.3) is 31.3 Å². The molecule has 0 saturated carbocycles. The SMILES string of the molecule is C1=CCC(N(C2=CCC(c3ccc(N(c4ccccc4)C4C=CC=CC4)cc3)C=C2)c2ccc3sc4ccc(N(c5ccccc5)c5ccc(-c6ccc(N(c7ccccc7)c7ccccc7)cc6)cc5)cc4c3c2)C=C1. The molecule has 9 aromatic carbocycles. The minimum absolute atomic E-state index is 0.199. The zero-order valence-electron chi connectivity index (χ0n) is 42.8. The number of hydrogen-bond acceptors (Lipinski definition) is 5. The van der Waals surface area contributed by atoms with E-state index in [1.54, 1.807) is 0 Å². The van der Waals surface area contributed by atoms with Gasteiger partial charge in [-0.3, -0.25) is 0 Å². The van der Waals surface area contributed by atoms with Gasteiger partial charge in [-0.1, -0.05) is 170 Å². The molecule has 0 aliphatic heterocycles. The van der Waals surface area contributed by atoms with Crippen molar-refractivity contribution in [2.24, 2.45) is 0 Å². The third-order valence-corrected chi connectivity index (χ3v) is 16.3. The first-order valence-electron chi connectivity index (χ1n) is 26.9. The van der Waals surface area contributed by atoms with Crippen LogP contribution in [0.5, 0.6) is 0 Å². The molecule has 3 aliphatic carbocycles. The maximum Gasteiger partial charge on any atom is 0.0559 e. The van der Waals surface area contributed by atoms with Gasteiger partial charge in [0.1, 0.15) is 0 Å². The van der Waals surface area contributed by atoms with E-state index in [4.69, 9.17) is 0 Å². The van der Waals surface area contributed by atoms with Crippen LogP contribution in [-0.2, 0) is 0 Å². The van der Waals surface area contributed by atoms with Crippen molar-refractivity contribution < 1.29 is 0 Å². The van der Waals surface area contributed by atoms with Gasteiger partial charge in [-0.25, -0.2) is 0 Å². The van der Waals surface area contributed by atoms with E-state index in [1.807, 2.05) is 11.3 Å². The molecular weight excluding hydrogens is 953 g/mol. The standard InChI is InChI=1S/C72H58N4S/c1-7-19-57(20-8-1)73(58-21-9-2-10-22-58)63-39-31-53(32-40-63)55-35-43-65(44-36-55)75(61-27-15-5-16-28-61)67-47-49-71-69(51-67)70-52-68(48-50-72(70)77-71)76(62-29-17-6-18-30-62)66-45-37-56(38-46-66)54-33-41-64(42-34-54)74(59-23-11-3-12-24-59)60-25-13-4-14-26-60/h1-25,27-29,31-37,39-52,56,60,62H,26,30,38H2. The summed E-state index contributed by atoms with van der Waals surface area (Å²) in [5, 5.41) is 2.54. The zero-order valence-corrected chi connectivity index (χ0v) is 43.7. The van der Waals surface area contributed by atoms with E-state index in [9.17, 15) is 0 Å². The van der Waals surface area contributed by atoms with Crippen LogP contribution >= 0.6 is 11.3 Å². The predicted molar refractivity (Wildman–Crippen MR) is 330 cm³/mol. The quantitative estimate of drug-likeness (QED) is 0.108. The predicted octanol–water partition coefficient (Wildman–Crippen LogP) is 20.0. The van der Waals surface area contributed by atoms with Gasteiger partial charge in [-0.2, -0.15) is 0 Å². The Kier molecular flexibility index (Phi) is 13.3. The summed E-state index contributed by atoms with van der Waals surface area (Å²) in [6.07, 6.45) is 28.0. The number of fused-ring (bicyclic) bond motifs is 3. The molecule has 0 radical (unpaired) electrons. The van der Waals surface area contributed by atoms with Crippen LogP contribution in [-0.4, -0.2) is 12.1 Å². The van der Waals surface area contributed by atoms with Gasteiger partial charge in [0.05, 0.1) is 12.1 Å². The maximum absolute atomic E-state index is 2.56. The Morgan fingerprint density at radius 2 is 0.753 bits per heavy atom. The van der Waals surface area contributed by atoms with Crippen molar-refractivity contribution in [3.8, 4) is 11.1 Å². The number of rotatable bonds is 14. The summed E-state index contributed by atoms with van der Waals surface area (Å²) in [4.78, 5) is 9.70. The molecule has 0 spiro atoms. The fraction of sp³-hybridized carbons (Fsp3) is 0.0833. The molecule has 372 valence electrons. The summed E-state index contributed by atoms with van der Waals surface area (Å²) in [5.41, 5.74) is 15.3. The molecule has 1 heterocycles. The summed E-state index contributed by atoms with van der Waals surface area (Å²) in [6, 6.07) is 84.4. The van der Waals surface area contributed by atoms with Gasteiger partial charge in [0.2, 0.25) is 0 Å². The Hall–Kier alpha value is -9.16. The van der Waals surface area contributed by atoms with Gasteiger partial charge in [0.25, 0.3) is 0 Å². The highest BCUT2D eigenvalue weighted by Crippen LogP contribution is 2.44. The second-order valence-corrected chi connectivity index (χ2v) is 21.0. The molecule has 3 aliphatic rings. The van der Waals surface area contributed by atoms with Crippen LogP contribution in [0.3, 0.4) is 0 Å². The van der Waals surface area contributed by atoms with E-state index >= 15 is 0 Å². The number of anilines is 9. The van der Waals surface area contributed by atoms with E-state index in [1.165, 1.54) is 59.6 Å². The third kappa shape index (κ3) is 9.86. The Morgan fingerprint density at radius 1 is 0.338 bits per heavy atom. The molecule has 4 nitrogen and oxygen atoms in total. The first-order chi connectivity index (χ1) is 38.2. The third-order valence-electron chi connectivity index (χ3n) is 15.2. The molecule has 0 fully saturated rings. The first-order valence-corrected chi connectivity index (χ1v) is 27.7. The lowest BCUT2D eigenvalue weighted by Crippen LogP contribution is -2.33. The normalized spacial score (nSPS) is 16.6. The number of nitrogens with zero attached hydrogens (tertiary/aromatic N) is 4. The van der Waals surface area contributed by atoms with Gasteiger partial charge in [-0.05, 0) is 163 Å². The van der Waals surface area contributed by atoms with Crippen LogP contribution in [0.15, 0.2) is 303 Å². The van der Waals surface area contributed by atoms with E-state index in [-0.39, 0.29) is 12.1 Å². The van der Waals surface area contributed by atoms with Crippen LogP contribution < -0.4 is 19.6 Å². The molecular formula is C72H58N4S. The highest BCUT2D eigenvalue weighted by molar-refractivity contribution is 7.25. The van der Waals surface area contributed by atoms with Crippen molar-refractivity contribution >= 4 is 82.7 Å². The second-order valence-electron chi connectivity index (χ2n) is 20.0. The largest absolute Gasteiger partial charge is 0.334 e. The summed E-state index contributed by atoms with van der Waals surface area (Å²) in [6.45, 7) is 0. The summed E-state index contributed by atoms with van der Waals surface area (Å²) in [7, 11) is 0. The van der Waals surface area contributed by atoms with Crippen LogP contribution in [0.4, 0.5) is 51.2 Å². The van der Waals surface area contributed by atoms with Gasteiger partial charge in [-0.15, -0.1) is 11.3 Å². The van der Waals surface area contributed by atoms with Crippen molar-refractivity contribution in [3.05, 3.63) is 309 Å². The van der Waals surface area contributed by atoms with Gasteiger partial charge in [0.15, 0.2) is 0 Å². The van der Waals surface area contributed by atoms with Crippen LogP contribution in [0.2, 0.25) is 0 Å². The molecule has 0 amide bonds. The van der Waals surface area contributed by atoms with Crippen molar-refractivity contribution in [2.45, 2.75) is 37.3 Å². The molecule has 13 rings (SSSR count). The van der Waals surface area contributed by atoms with Crippen LogP contribution in [0, 0.1) is 0 Å². The Labute approximate surface area is 456 Å². The molecule has 0 bridgehead atoms. The molecule has 1 aromatic heterocycles. The number of thiophene rings is 1. The van der Waals surface area contributed by atoms with Crippen molar-refractivity contribution in [1.82, 2.24) is 0 Å². The number of benzene rings is 9. The molecule has 0 N–H and O–H groups in total. The highest BCUT2D eigenvalue weighted by atomic mass is 32.1. The average Bonchev–Trinajstić information content (AvgIpc) is 3.88. The summed E-state index contributed by atoms with van der Waals surface area (Å²) >= 11 is 1.87. The first kappa shape index (κ1) is 47.5. The van der Waals surface area contributed by atoms with E-state index in [0.717, 1.165) is 53.4 Å². The summed E-state index contributed by atoms with van der Waals surface area (Å²) in [5.74, 6) is 0.299. The smallest absolute Gasteiger partial charge is 0.0559 e. The number of allylic oxidation sites excluding steroid dienone is 7. The lowest BCUT2D eigenvalue weighted by Gasteiger charge is -2.35. The van der Waals surface area contributed by atoms with Crippen molar-refractivity contribution in [2.75, 3.05) is 19.6 Å². The van der Waals surface area contributed by atoms with Crippen molar-refractivity contribution in [3.63, 3.8) is 0 Å². The van der Waals surface area contributed by atoms with Gasteiger partial charge < -0.3 is 19.6 Å². The maximum atomic E-state index is 2.56. The molecule has 10 aromatic rings. The monoisotopic (exact) mass is 1010 g/mol. The Bertz CT molecular complexity index is 3800. The lowest BCUT2D eigenvalue weighted by molar-refractivity contribution is 0.745. The molecule has 3 unspecified atom stereocenters. The number of hydrogen-bond donors (Lipinski definition) is 0. The molecule has 0 saturated heterocycles. The van der Waals surface area contributed by atoms with Crippen molar-refractivity contribution in [1.29, 1.82) is 0 Å². The van der Waals surface area contributed by atoms with Gasteiger partial charge >= 0.3 is 0 Å². The van der Waals surface area contributed by atoms with E-state index in [0.29, 0.717) is 5.92 Å². The Balaban J connectivity index is 0.784. The lowest BCUT2D eigenvalue weighted by atomic mass is 9.90. The minimum Gasteiger partial charge on any atom is -0.334 e. The fourth-order valence-corrected chi connectivity index (χ4v) is 12.4. The molecule has 3 atom stereocenters. The minimum atomic E-state index is 0.199. The second kappa shape index (κ2) is 21.6. The molecule has 77 heavy (non-hydrogen) atoms. The van der Waals surface area contributed by atoms with E-state index < -0.39 is 0 Å². The Morgan fingerprint density at radius 3 is 1.23 bits per heavy atom. The zero-order chi connectivity index (χ0) is 51.3. The topological polar surface area (TPSA) is 13.0 Å². The average molecular weight is 1010 g/mol. The molecule has 5 heteroatoms. The summed E-state index contributed by atoms with van der Waals surface area (Å²) < 4.78 is 2.57. The fourth-order valence-electron chi connectivity index (χ4n) is 11.4. The van der Waals surface area contributed by atoms with E-state index in [2.05, 4.69) is 317 Å². The van der Waals surface area contributed by atoms with Crippen LogP contribution in [0.1, 0.15) is 30.7 Å². The number of para-hydroxylation sites is 4. The van der Waals surface area contributed by atoms with Gasteiger partial charge in [0, 0.05) is 83.0 Å².